The first-order chi connectivity index (χ1) is 5.86. The highest BCUT2D eigenvalue weighted by Crippen LogP contribution is 2.39. The van der Waals surface area contributed by atoms with Crippen molar-refractivity contribution >= 4 is 0 Å². The molecule has 0 saturated heterocycles. The van der Waals surface area contributed by atoms with Gasteiger partial charge >= 0.3 is 0 Å². The van der Waals surface area contributed by atoms with Crippen molar-refractivity contribution in [3.8, 4) is 0 Å². The van der Waals surface area contributed by atoms with Gasteiger partial charge in [0.15, 0.2) is 0 Å². The molecule has 2 aliphatic carbocycles. The fourth-order valence-corrected chi connectivity index (χ4v) is 3.03. The molecular formula is C11H20O. The lowest BCUT2D eigenvalue weighted by atomic mass is 9.79. The summed E-state index contributed by atoms with van der Waals surface area (Å²) in [4.78, 5) is 0. The van der Waals surface area contributed by atoms with Crippen molar-refractivity contribution in [2.24, 2.45) is 11.8 Å². The Morgan fingerprint density at radius 3 is 2.08 bits per heavy atom. The lowest BCUT2D eigenvalue weighted by Gasteiger charge is -2.27. The Balaban J connectivity index is 1.83. The highest BCUT2D eigenvalue weighted by atomic mass is 16.3. The third-order valence-electron chi connectivity index (χ3n) is 3.76. The Kier molecular flexibility index (Phi) is 2.69. The molecule has 1 N–H and O–H groups in total. The molecule has 2 rings (SSSR count). The van der Waals surface area contributed by atoms with E-state index in [4.69, 9.17) is 0 Å². The van der Waals surface area contributed by atoms with E-state index in [0.29, 0.717) is 0 Å². The Morgan fingerprint density at radius 1 is 0.750 bits per heavy atom. The van der Waals surface area contributed by atoms with E-state index in [1.807, 2.05) is 0 Å². The summed E-state index contributed by atoms with van der Waals surface area (Å²) < 4.78 is 0. The first-order valence-electron chi connectivity index (χ1n) is 5.54. The smallest absolute Gasteiger partial charge is 0.0543 e. The molecule has 0 bridgehead atoms. The van der Waals surface area contributed by atoms with Crippen LogP contribution < -0.4 is 0 Å². The molecule has 1 nitrogen and oxygen atoms in total. The maximum absolute atomic E-state index is 9.43. The van der Waals surface area contributed by atoms with Gasteiger partial charge in [-0.3, -0.25) is 0 Å². The van der Waals surface area contributed by atoms with Gasteiger partial charge in [-0.05, 0) is 31.1 Å². The third kappa shape index (κ3) is 1.82. The summed E-state index contributed by atoms with van der Waals surface area (Å²) in [6.07, 6.45) is 10.7. The minimum absolute atomic E-state index is 0.0388. The van der Waals surface area contributed by atoms with Gasteiger partial charge < -0.3 is 5.11 Å². The molecule has 0 heterocycles. The Labute approximate surface area is 75.2 Å². The molecule has 0 aromatic heterocycles. The number of rotatable bonds is 1. The summed E-state index contributed by atoms with van der Waals surface area (Å²) in [6.45, 7) is 0. The van der Waals surface area contributed by atoms with E-state index in [9.17, 15) is 5.11 Å². The van der Waals surface area contributed by atoms with Crippen molar-refractivity contribution in [2.75, 3.05) is 0 Å². The van der Waals surface area contributed by atoms with Crippen LogP contribution in [0.5, 0.6) is 0 Å². The largest absolute Gasteiger partial charge is 0.393 e. The zero-order valence-corrected chi connectivity index (χ0v) is 7.84. The third-order valence-corrected chi connectivity index (χ3v) is 3.76. The van der Waals surface area contributed by atoms with Gasteiger partial charge in [0.25, 0.3) is 0 Å². The highest BCUT2D eigenvalue weighted by molar-refractivity contribution is 4.81. The van der Waals surface area contributed by atoms with E-state index < -0.39 is 0 Å². The second kappa shape index (κ2) is 3.78. The van der Waals surface area contributed by atoms with E-state index in [1.165, 1.54) is 38.5 Å². The number of hydrogen-bond acceptors (Lipinski definition) is 1. The Bertz CT molecular complexity index is 135. The maximum Gasteiger partial charge on any atom is 0.0543 e. The van der Waals surface area contributed by atoms with Gasteiger partial charge in [-0.2, -0.15) is 0 Å². The molecule has 1 heteroatoms. The highest BCUT2D eigenvalue weighted by Gasteiger charge is 2.30. The summed E-state index contributed by atoms with van der Waals surface area (Å²) >= 11 is 0. The molecule has 0 spiro atoms. The molecule has 70 valence electrons. The van der Waals surface area contributed by atoms with Gasteiger partial charge in [-0.15, -0.1) is 0 Å². The van der Waals surface area contributed by atoms with Gasteiger partial charge in [0.1, 0.15) is 0 Å². The molecule has 0 aromatic rings. The zero-order valence-electron chi connectivity index (χ0n) is 7.84. The van der Waals surface area contributed by atoms with Crippen LogP contribution in [0.25, 0.3) is 0 Å². The second-order valence-electron chi connectivity index (χ2n) is 4.63. The summed E-state index contributed by atoms with van der Waals surface area (Å²) in [5.41, 5.74) is 0. The first-order valence-corrected chi connectivity index (χ1v) is 5.54. The van der Waals surface area contributed by atoms with Crippen LogP contribution in [-0.4, -0.2) is 11.2 Å². The minimum atomic E-state index is 0.0388. The lowest BCUT2D eigenvalue weighted by Crippen LogP contribution is -2.16. The van der Waals surface area contributed by atoms with Crippen molar-refractivity contribution in [1.29, 1.82) is 0 Å². The van der Waals surface area contributed by atoms with E-state index in [1.54, 1.807) is 0 Å². The molecule has 2 atom stereocenters. The molecule has 0 aliphatic heterocycles. The van der Waals surface area contributed by atoms with Crippen molar-refractivity contribution in [2.45, 2.75) is 57.5 Å². The lowest BCUT2D eigenvalue weighted by molar-refractivity contribution is 0.163. The molecule has 2 unspecified atom stereocenters. The quantitative estimate of drug-likeness (QED) is 0.638. The number of aliphatic hydroxyl groups excluding tert-OH is 1. The maximum atomic E-state index is 9.43. The molecule has 2 saturated carbocycles. The van der Waals surface area contributed by atoms with E-state index >= 15 is 0 Å². The molecule has 0 amide bonds. The number of aliphatic hydroxyl groups is 1. The van der Waals surface area contributed by atoms with Crippen molar-refractivity contribution in [3.63, 3.8) is 0 Å². The predicted octanol–water partition coefficient (Wildman–Crippen LogP) is 2.73. The summed E-state index contributed by atoms with van der Waals surface area (Å²) in [5.74, 6) is 1.84. The van der Waals surface area contributed by atoms with Crippen molar-refractivity contribution in [1.82, 2.24) is 0 Å². The normalized spacial score (nSPS) is 38.8. The predicted molar refractivity (Wildman–Crippen MR) is 49.9 cm³/mol. The van der Waals surface area contributed by atoms with Crippen LogP contribution in [0.1, 0.15) is 51.4 Å². The van der Waals surface area contributed by atoms with E-state index in [2.05, 4.69) is 0 Å². The van der Waals surface area contributed by atoms with Crippen LogP contribution in [0.3, 0.4) is 0 Å². The molecule has 12 heavy (non-hydrogen) atoms. The first kappa shape index (κ1) is 8.55. The molecule has 2 fully saturated rings. The fraction of sp³-hybridized carbons (Fsp3) is 1.00. The monoisotopic (exact) mass is 168 g/mol. The fourth-order valence-electron chi connectivity index (χ4n) is 3.03. The zero-order chi connectivity index (χ0) is 8.39. The Morgan fingerprint density at radius 2 is 1.50 bits per heavy atom. The van der Waals surface area contributed by atoms with Gasteiger partial charge in [-0.25, -0.2) is 0 Å². The molecule has 2 aliphatic rings. The summed E-state index contributed by atoms with van der Waals surface area (Å²) in [6, 6.07) is 0. The topological polar surface area (TPSA) is 20.2 Å². The van der Waals surface area contributed by atoms with Crippen molar-refractivity contribution in [3.05, 3.63) is 0 Å². The van der Waals surface area contributed by atoms with E-state index in [-0.39, 0.29) is 6.10 Å². The van der Waals surface area contributed by atoms with Crippen LogP contribution in [0.4, 0.5) is 0 Å². The standard InChI is InChI=1S/C11H20O/c12-11-7-6-10(8-11)9-4-2-1-3-5-9/h9-12H,1-8H2. The van der Waals surface area contributed by atoms with Crippen molar-refractivity contribution < 1.29 is 5.11 Å². The number of hydrogen-bond donors (Lipinski definition) is 1. The van der Waals surface area contributed by atoms with E-state index in [0.717, 1.165) is 24.7 Å². The average Bonchev–Trinajstić information content (AvgIpc) is 2.54. The van der Waals surface area contributed by atoms with Crippen LogP contribution >= 0.6 is 0 Å². The molecule has 0 aromatic carbocycles. The van der Waals surface area contributed by atoms with Crippen LogP contribution in [0, 0.1) is 11.8 Å². The van der Waals surface area contributed by atoms with Gasteiger partial charge in [0, 0.05) is 0 Å². The van der Waals surface area contributed by atoms with Gasteiger partial charge in [0.05, 0.1) is 6.10 Å². The van der Waals surface area contributed by atoms with Crippen LogP contribution in [-0.2, 0) is 0 Å². The van der Waals surface area contributed by atoms with Crippen LogP contribution in [0.2, 0.25) is 0 Å². The second-order valence-corrected chi connectivity index (χ2v) is 4.63. The molecular weight excluding hydrogens is 148 g/mol. The van der Waals surface area contributed by atoms with Gasteiger partial charge in [0.2, 0.25) is 0 Å². The SMILES string of the molecule is OC1CCC(C2CCCCC2)C1. The average molecular weight is 168 g/mol. The van der Waals surface area contributed by atoms with Gasteiger partial charge in [-0.1, -0.05) is 32.1 Å². The summed E-state index contributed by atoms with van der Waals surface area (Å²) in [5, 5.41) is 9.43. The summed E-state index contributed by atoms with van der Waals surface area (Å²) in [7, 11) is 0. The minimum Gasteiger partial charge on any atom is -0.393 e. The Hall–Kier alpha value is -0.0400. The molecule has 0 radical (unpaired) electrons. The van der Waals surface area contributed by atoms with Crippen LogP contribution in [0.15, 0.2) is 0 Å².